The number of benzene rings is 2. The summed E-state index contributed by atoms with van der Waals surface area (Å²) in [5.41, 5.74) is 3.44. The lowest BCUT2D eigenvalue weighted by atomic mass is 10.1. The molecule has 2 amide bonds. The Hall–Kier alpha value is -3.41. The number of nitrogens with one attached hydrogen (secondary N) is 1. The lowest BCUT2D eigenvalue weighted by Gasteiger charge is -2.16. The van der Waals surface area contributed by atoms with E-state index in [4.69, 9.17) is 4.42 Å². The topological polar surface area (TPSA) is 75.4 Å². The summed E-state index contributed by atoms with van der Waals surface area (Å²) in [7, 11) is 0. The van der Waals surface area contributed by atoms with Crippen LogP contribution in [0.3, 0.4) is 0 Å². The molecule has 4 rings (SSSR count). The number of fused-ring (bicyclic) bond motifs is 1. The Kier molecular flexibility index (Phi) is 4.93. The molecule has 0 radical (unpaired) electrons. The molecule has 2 heterocycles. The van der Waals surface area contributed by atoms with Crippen molar-refractivity contribution >= 4 is 17.5 Å². The van der Waals surface area contributed by atoms with Gasteiger partial charge < -0.3 is 14.6 Å². The fraction of sp³-hybridized carbons (Fsp3) is 0.227. The highest BCUT2D eigenvalue weighted by atomic mass is 16.4. The summed E-state index contributed by atoms with van der Waals surface area (Å²) in [4.78, 5) is 30.5. The van der Waals surface area contributed by atoms with Crippen molar-refractivity contribution in [1.29, 1.82) is 0 Å². The molecule has 0 fully saturated rings. The Morgan fingerprint density at radius 3 is 2.79 bits per heavy atom. The van der Waals surface area contributed by atoms with E-state index in [-0.39, 0.29) is 18.4 Å². The van der Waals surface area contributed by atoms with E-state index in [1.54, 1.807) is 17.2 Å². The lowest BCUT2D eigenvalue weighted by Crippen LogP contribution is -2.27. The maximum absolute atomic E-state index is 12.5. The first kappa shape index (κ1) is 18.0. The van der Waals surface area contributed by atoms with Crippen LogP contribution in [-0.2, 0) is 17.8 Å². The molecule has 1 N–H and O–H groups in total. The molecule has 1 aromatic heterocycles. The third-order valence-electron chi connectivity index (χ3n) is 4.85. The SMILES string of the molecule is CCC(=O)N1CCc2cc(C(=O)NCc3ncc(-c4ccccc4)o3)ccc21. The van der Waals surface area contributed by atoms with Crippen LogP contribution in [-0.4, -0.2) is 23.3 Å². The smallest absolute Gasteiger partial charge is 0.251 e. The van der Waals surface area contributed by atoms with E-state index in [1.807, 2.05) is 49.4 Å². The monoisotopic (exact) mass is 375 g/mol. The van der Waals surface area contributed by atoms with Crippen LogP contribution < -0.4 is 10.2 Å². The second-order valence-corrected chi connectivity index (χ2v) is 6.66. The maximum Gasteiger partial charge on any atom is 0.251 e. The minimum atomic E-state index is -0.192. The molecular weight excluding hydrogens is 354 g/mol. The van der Waals surface area contributed by atoms with Gasteiger partial charge >= 0.3 is 0 Å². The highest BCUT2D eigenvalue weighted by Gasteiger charge is 2.24. The van der Waals surface area contributed by atoms with Crippen molar-refractivity contribution in [2.75, 3.05) is 11.4 Å². The zero-order valence-corrected chi connectivity index (χ0v) is 15.6. The lowest BCUT2D eigenvalue weighted by molar-refractivity contribution is -0.118. The highest BCUT2D eigenvalue weighted by Crippen LogP contribution is 2.29. The summed E-state index contributed by atoms with van der Waals surface area (Å²) >= 11 is 0. The van der Waals surface area contributed by atoms with Crippen LogP contribution in [0.15, 0.2) is 59.1 Å². The highest BCUT2D eigenvalue weighted by molar-refractivity contribution is 5.98. The third kappa shape index (κ3) is 3.53. The number of nitrogens with zero attached hydrogens (tertiary/aromatic N) is 2. The van der Waals surface area contributed by atoms with Gasteiger partial charge in [-0.2, -0.15) is 0 Å². The first-order chi connectivity index (χ1) is 13.7. The van der Waals surface area contributed by atoms with E-state index in [0.29, 0.717) is 30.2 Å². The molecule has 1 aliphatic heterocycles. The van der Waals surface area contributed by atoms with E-state index >= 15 is 0 Å². The summed E-state index contributed by atoms with van der Waals surface area (Å²) in [5, 5.41) is 2.84. The Morgan fingerprint density at radius 1 is 1.18 bits per heavy atom. The predicted molar refractivity (Wildman–Crippen MR) is 106 cm³/mol. The number of oxazole rings is 1. The molecule has 2 aromatic carbocycles. The number of amides is 2. The number of carbonyl (C=O) groups is 2. The number of anilines is 1. The second-order valence-electron chi connectivity index (χ2n) is 6.66. The first-order valence-electron chi connectivity index (χ1n) is 9.37. The fourth-order valence-corrected chi connectivity index (χ4v) is 3.38. The van der Waals surface area contributed by atoms with E-state index in [9.17, 15) is 9.59 Å². The quantitative estimate of drug-likeness (QED) is 0.740. The molecule has 0 bridgehead atoms. The minimum Gasteiger partial charge on any atom is -0.439 e. The molecule has 0 saturated heterocycles. The van der Waals surface area contributed by atoms with Gasteiger partial charge in [0.1, 0.15) is 0 Å². The summed E-state index contributed by atoms with van der Waals surface area (Å²) < 4.78 is 5.71. The number of aromatic nitrogens is 1. The molecule has 28 heavy (non-hydrogen) atoms. The van der Waals surface area contributed by atoms with Crippen LogP contribution in [0.4, 0.5) is 5.69 Å². The third-order valence-corrected chi connectivity index (χ3v) is 4.85. The van der Waals surface area contributed by atoms with Crippen LogP contribution >= 0.6 is 0 Å². The Balaban J connectivity index is 1.41. The van der Waals surface area contributed by atoms with Gasteiger partial charge in [0.05, 0.1) is 12.7 Å². The van der Waals surface area contributed by atoms with Crippen LogP contribution in [0.5, 0.6) is 0 Å². The standard InChI is InChI=1S/C22H21N3O3/c1-2-21(26)25-11-10-16-12-17(8-9-18(16)25)22(27)24-14-20-23-13-19(28-20)15-6-4-3-5-7-15/h3-9,12-13H,2,10-11,14H2,1H3,(H,24,27). The van der Waals surface area contributed by atoms with Gasteiger partial charge in [0.25, 0.3) is 5.91 Å². The maximum atomic E-state index is 12.5. The fourth-order valence-electron chi connectivity index (χ4n) is 3.38. The van der Waals surface area contributed by atoms with Gasteiger partial charge in [-0.1, -0.05) is 37.3 Å². The Morgan fingerprint density at radius 2 is 2.00 bits per heavy atom. The molecule has 1 aliphatic rings. The zero-order chi connectivity index (χ0) is 19.5. The zero-order valence-electron chi connectivity index (χ0n) is 15.6. The van der Waals surface area contributed by atoms with Gasteiger partial charge in [-0.05, 0) is 30.2 Å². The Bertz CT molecular complexity index is 1010. The molecule has 3 aromatic rings. The van der Waals surface area contributed by atoms with Crippen LogP contribution in [0, 0.1) is 0 Å². The Labute approximate surface area is 163 Å². The van der Waals surface area contributed by atoms with Crippen molar-refractivity contribution in [3.8, 4) is 11.3 Å². The molecule has 142 valence electrons. The second kappa shape index (κ2) is 7.68. The van der Waals surface area contributed by atoms with Crippen molar-refractivity contribution in [1.82, 2.24) is 10.3 Å². The minimum absolute atomic E-state index is 0.106. The summed E-state index contributed by atoms with van der Waals surface area (Å²) in [6.45, 7) is 2.74. The molecule has 0 atom stereocenters. The van der Waals surface area contributed by atoms with Gasteiger partial charge in [0.15, 0.2) is 5.76 Å². The normalized spacial score (nSPS) is 12.7. The van der Waals surface area contributed by atoms with Crippen molar-refractivity contribution in [3.63, 3.8) is 0 Å². The van der Waals surface area contributed by atoms with Crippen molar-refractivity contribution in [2.24, 2.45) is 0 Å². The average molecular weight is 375 g/mol. The van der Waals surface area contributed by atoms with Crippen LogP contribution in [0.1, 0.15) is 35.2 Å². The van der Waals surface area contributed by atoms with E-state index in [0.717, 1.165) is 23.2 Å². The predicted octanol–water partition coefficient (Wildman–Crippen LogP) is 3.57. The van der Waals surface area contributed by atoms with Crippen molar-refractivity contribution in [2.45, 2.75) is 26.3 Å². The molecular formula is C22H21N3O3. The molecule has 6 nitrogen and oxygen atoms in total. The first-order valence-corrected chi connectivity index (χ1v) is 9.37. The van der Waals surface area contributed by atoms with Gasteiger partial charge in [-0.15, -0.1) is 0 Å². The van der Waals surface area contributed by atoms with Crippen molar-refractivity contribution in [3.05, 3.63) is 71.7 Å². The van der Waals surface area contributed by atoms with Gasteiger partial charge in [0.2, 0.25) is 11.8 Å². The molecule has 0 spiro atoms. The number of hydrogen-bond donors (Lipinski definition) is 1. The molecule has 0 unspecified atom stereocenters. The van der Waals surface area contributed by atoms with Gasteiger partial charge in [-0.25, -0.2) is 4.98 Å². The van der Waals surface area contributed by atoms with E-state index in [2.05, 4.69) is 10.3 Å². The average Bonchev–Trinajstić information content (AvgIpc) is 3.38. The van der Waals surface area contributed by atoms with Crippen LogP contribution in [0.25, 0.3) is 11.3 Å². The van der Waals surface area contributed by atoms with Gasteiger partial charge in [0, 0.05) is 29.8 Å². The van der Waals surface area contributed by atoms with Crippen molar-refractivity contribution < 1.29 is 14.0 Å². The van der Waals surface area contributed by atoms with E-state index < -0.39 is 0 Å². The molecule has 6 heteroatoms. The molecule has 0 saturated carbocycles. The number of carbonyl (C=O) groups excluding carboxylic acids is 2. The number of hydrogen-bond acceptors (Lipinski definition) is 4. The van der Waals surface area contributed by atoms with Crippen LogP contribution in [0.2, 0.25) is 0 Å². The summed E-state index contributed by atoms with van der Waals surface area (Å²) in [6, 6.07) is 15.2. The van der Waals surface area contributed by atoms with Gasteiger partial charge in [-0.3, -0.25) is 9.59 Å². The number of rotatable bonds is 5. The summed E-state index contributed by atoms with van der Waals surface area (Å²) in [5.74, 6) is 1.03. The summed E-state index contributed by atoms with van der Waals surface area (Å²) in [6.07, 6.45) is 2.90. The van der Waals surface area contributed by atoms with E-state index in [1.165, 1.54) is 0 Å². The molecule has 0 aliphatic carbocycles. The largest absolute Gasteiger partial charge is 0.439 e.